The number of carbonyl (C=O) groups excluding carboxylic acids is 2. The van der Waals surface area contributed by atoms with Crippen LogP contribution in [-0.2, 0) is 9.53 Å². The van der Waals surface area contributed by atoms with E-state index in [9.17, 15) is 9.59 Å². The third kappa shape index (κ3) is 4.06. The van der Waals surface area contributed by atoms with Crippen molar-refractivity contribution in [3.63, 3.8) is 0 Å². The van der Waals surface area contributed by atoms with Crippen molar-refractivity contribution in [2.24, 2.45) is 0 Å². The fourth-order valence-corrected chi connectivity index (χ4v) is 2.87. The molecule has 0 bridgehead atoms. The zero-order valence-electron chi connectivity index (χ0n) is 13.5. The third-order valence-corrected chi connectivity index (χ3v) is 4.25. The molecule has 0 saturated heterocycles. The lowest BCUT2D eigenvalue weighted by atomic mass is 10.1. The molecule has 0 fully saturated rings. The number of halogens is 1. The number of amides is 1. The molecule has 3 rings (SSSR count). The number of carbonyl (C=O) groups is 2. The van der Waals surface area contributed by atoms with E-state index in [4.69, 9.17) is 4.74 Å². The quantitative estimate of drug-likeness (QED) is 0.644. The maximum atomic E-state index is 12.4. The number of hydrogen-bond donors (Lipinski definition) is 1. The van der Waals surface area contributed by atoms with E-state index in [0.717, 1.165) is 15.2 Å². The second kappa shape index (κ2) is 7.49. The largest absolute Gasteiger partial charge is 0.449 e. The van der Waals surface area contributed by atoms with E-state index >= 15 is 0 Å². The van der Waals surface area contributed by atoms with Crippen molar-refractivity contribution in [3.8, 4) is 0 Å². The maximum absolute atomic E-state index is 12.4. The molecular weight excluding hydrogens is 382 g/mol. The van der Waals surface area contributed by atoms with Gasteiger partial charge in [0.05, 0.1) is 5.56 Å². The van der Waals surface area contributed by atoms with Gasteiger partial charge in [0, 0.05) is 15.5 Å². The fraction of sp³-hybridized carbons (Fsp3) is 0.100. The highest BCUT2D eigenvalue weighted by Gasteiger charge is 2.19. The molecule has 0 aromatic heterocycles. The molecular formula is C20H16BrNO3. The smallest absolute Gasteiger partial charge is 0.338 e. The van der Waals surface area contributed by atoms with Crippen molar-refractivity contribution >= 4 is 44.3 Å². The maximum Gasteiger partial charge on any atom is 0.338 e. The first-order chi connectivity index (χ1) is 12.0. The van der Waals surface area contributed by atoms with Crippen molar-refractivity contribution in [1.82, 2.24) is 0 Å². The third-order valence-electron chi connectivity index (χ3n) is 3.76. The van der Waals surface area contributed by atoms with Crippen LogP contribution >= 0.6 is 15.9 Å². The van der Waals surface area contributed by atoms with E-state index in [0.29, 0.717) is 11.3 Å². The lowest BCUT2D eigenvalue weighted by molar-refractivity contribution is -0.123. The summed E-state index contributed by atoms with van der Waals surface area (Å²) in [6.07, 6.45) is -0.912. The number of esters is 1. The van der Waals surface area contributed by atoms with Gasteiger partial charge in [0.1, 0.15) is 0 Å². The molecule has 3 aromatic rings. The molecule has 1 amide bonds. The van der Waals surface area contributed by atoms with Crippen LogP contribution < -0.4 is 5.32 Å². The zero-order chi connectivity index (χ0) is 17.8. The molecule has 0 spiro atoms. The van der Waals surface area contributed by atoms with Crippen LogP contribution in [0.3, 0.4) is 0 Å². The van der Waals surface area contributed by atoms with Crippen LogP contribution in [0.2, 0.25) is 0 Å². The first-order valence-electron chi connectivity index (χ1n) is 7.80. The lowest BCUT2D eigenvalue weighted by Crippen LogP contribution is -2.30. The summed E-state index contributed by atoms with van der Waals surface area (Å²) < 4.78 is 6.04. The van der Waals surface area contributed by atoms with Gasteiger partial charge in [-0.1, -0.05) is 58.4 Å². The predicted octanol–water partition coefficient (Wildman–Crippen LogP) is 4.79. The Kier molecular flexibility index (Phi) is 5.14. The number of anilines is 1. The van der Waals surface area contributed by atoms with Crippen molar-refractivity contribution in [3.05, 3.63) is 76.8 Å². The molecule has 25 heavy (non-hydrogen) atoms. The van der Waals surface area contributed by atoms with Gasteiger partial charge in [-0.05, 0) is 36.6 Å². The number of benzene rings is 3. The molecule has 0 saturated carbocycles. The Morgan fingerprint density at radius 2 is 1.72 bits per heavy atom. The summed E-state index contributed by atoms with van der Waals surface area (Å²) in [6, 6.07) is 20.3. The van der Waals surface area contributed by atoms with Gasteiger partial charge in [0.15, 0.2) is 6.10 Å². The highest BCUT2D eigenvalue weighted by Crippen LogP contribution is 2.23. The Morgan fingerprint density at radius 3 is 2.52 bits per heavy atom. The van der Waals surface area contributed by atoms with Gasteiger partial charge in [-0.25, -0.2) is 4.79 Å². The van der Waals surface area contributed by atoms with Crippen LogP contribution in [-0.4, -0.2) is 18.0 Å². The summed E-state index contributed by atoms with van der Waals surface area (Å²) in [5.74, 6) is -0.915. The number of nitrogens with one attached hydrogen (secondary N) is 1. The van der Waals surface area contributed by atoms with Crippen LogP contribution in [0.25, 0.3) is 10.8 Å². The number of fused-ring (bicyclic) bond motifs is 1. The highest BCUT2D eigenvalue weighted by molar-refractivity contribution is 9.10. The van der Waals surface area contributed by atoms with E-state index in [-0.39, 0.29) is 5.91 Å². The van der Waals surface area contributed by atoms with Crippen molar-refractivity contribution in [1.29, 1.82) is 0 Å². The van der Waals surface area contributed by atoms with Crippen molar-refractivity contribution in [2.45, 2.75) is 13.0 Å². The van der Waals surface area contributed by atoms with Crippen LogP contribution in [0.1, 0.15) is 17.3 Å². The molecule has 0 aliphatic heterocycles. The monoisotopic (exact) mass is 397 g/mol. The van der Waals surface area contributed by atoms with Crippen LogP contribution in [0, 0.1) is 0 Å². The average molecular weight is 398 g/mol. The highest BCUT2D eigenvalue weighted by atomic mass is 79.9. The Balaban J connectivity index is 1.71. The molecule has 126 valence electrons. The second-order valence-corrected chi connectivity index (χ2v) is 6.49. The normalized spacial score (nSPS) is 11.8. The molecule has 3 aromatic carbocycles. The number of hydrogen-bond acceptors (Lipinski definition) is 3. The summed E-state index contributed by atoms with van der Waals surface area (Å²) in [4.78, 5) is 24.5. The lowest BCUT2D eigenvalue weighted by Gasteiger charge is -2.15. The molecule has 0 aliphatic rings. The van der Waals surface area contributed by atoms with Gasteiger partial charge in [0.2, 0.25) is 0 Å². The number of ether oxygens (including phenoxy) is 1. The summed E-state index contributed by atoms with van der Waals surface area (Å²) in [6.45, 7) is 1.55. The minimum Gasteiger partial charge on any atom is -0.449 e. The van der Waals surface area contributed by atoms with Crippen LogP contribution in [0.5, 0.6) is 0 Å². The SMILES string of the molecule is C[C@@H](OC(=O)c1cccc(Br)c1)C(=O)Nc1cccc2ccccc12. The molecule has 0 aliphatic carbocycles. The van der Waals surface area contributed by atoms with Crippen LogP contribution in [0.4, 0.5) is 5.69 Å². The summed E-state index contributed by atoms with van der Waals surface area (Å²) >= 11 is 3.31. The Hall–Kier alpha value is -2.66. The Morgan fingerprint density at radius 1 is 1.00 bits per heavy atom. The van der Waals surface area contributed by atoms with E-state index in [2.05, 4.69) is 21.2 Å². The van der Waals surface area contributed by atoms with E-state index in [1.165, 1.54) is 0 Å². The van der Waals surface area contributed by atoms with Gasteiger partial charge < -0.3 is 10.1 Å². The molecule has 0 unspecified atom stereocenters. The second-order valence-electron chi connectivity index (χ2n) is 5.57. The minimum absolute atomic E-state index is 0.375. The van der Waals surface area contributed by atoms with E-state index < -0.39 is 12.1 Å². The fourth-order valence-electron chi connectivity index (χ4n) is 2.47. The van der Waals surface area contributed by atoms with Crippen LogP contribution in [0.15, 0.2) is 71.2 Å². The van der Waals surface area contributed by atoms with E-state index in [1.807, 2.05) is 48.5 Å². The Bertz CT molecular complexity index is 934. The van der Waals surface area contributed by atoms with Gasteiger partial charge in [-0.15, -0.1) is 0 Å². The minimum atomic E-state index is -0.912. The summed E-state index contributed by atoms with van der Waals surface area (Å²) in [5.41, 5.74) is 1.08. The molecule has 0 radical (unpaired) electrons. The first-order valence-corrected chi connectivity index (χ1v) is 8.59. The number of rotatable bonds is 4. The first kappa shape index (κ1) is 17.2. The van der Waals surface area contributed by atoms with Crippen molar-refractivity contribution in [2.75, 3.05) is 5.32 Å². The van der Waals surface area contributed by atoms with Gasteiger partial charge in [0.25, 0.3) is 5.91 Å². The van der Waals surface area contributed by atoms with Gasteiger partial charge >= 0.3 is 5.97 Å². The summed E-state index contributed by atoms with van der Waals surface area (Å²) in [7, 11) is 0. The molecule has 1 N–H and O–H groups in total. The average Bonchev–Trinajstić information content (AvgIpc) is 2.62. The summed E-state index contributed by atoms with van der Waals surface area (Å²) in [5, 5.41) is 4.79. The van der Waals surface area contributed by atoms with Gasteiger partial charge in [-0.3, -0.25) is 4.79 Å². The topological polar surface area (TPSA) is 55.4 Å². The van der Waals surface area contributed by atoms with Crippen molar-refractivity contribution < 1.29 is 14.3 Å². The molecule has 0 heterocycles. The molecule has 4 nitrogen and oxygen atoms in total. The molecule has 1 atom stereocenters. The Labute approximate surface area is 153 Å². The standard InChI is InChI=1S/C20H16BrNO3/c1-13(25-20(24)15-8-4-9-16(21)12-15)19(23)22-18-11-5-7-14-6-2-3-10-17(14)18/h2-13H,1H3,(H,22,23)/t13-/m1/s1. The molecule has 5 heteroatoms. The zero-order valence-corrected chi connectivity index (χ0v) is 15.1. The van der Waals surface area contributed by atoms with Gasteiger partial charge in [-0.2, -0.15) is 0 Å². The van der Waals surface area contributed by atoms with E-state index in [1.54, 1.807) is 25.1 Å². The predicted molar refractivity (Wildman–Crippen MR) is 102 cm³/mol.